The fourth-order valence-electron chi connectivity index (χ4n) is 3.20. The van der Waals surface area contributed by atoms with Crippen molar-refractivity contribution < 1.29 is 17.6 Å². The average molecular weight is 361 g/mol. The molecule has 0 atom stereocenters. The lowest BCUT2D eigenvalue weighted by Crippen LogP contribution is -2.40. The fraction of sp³-hybridized carbons (Fsp3) is 0.316. The molecule has 1 aliphatic heterocycles. The van der Waals surface area contributed by atoms with Crippen LogP contribution in [-0.2, 0) is 10.0 Å². The topological polar surface area (TPSA) is 54.5 Å². The van der Waals surface area contributed by atoms with E-state index in [1.165, 1.54) is 29.4 Å². The third kappa shape index (κ3) is 3.50. The van der Waals surface area contributed by atoms with Crippen molar-refractivity contribution in [3.63, 3.8) is 0 Å². The highest BCUT2D eigenvalue weighted by molar-refractivity contribution is 7.89. The lowest BCUT2D eigenvalue weighted by Gasteiger charge is -2.31. The first-order chi connectivity index (χ1) is 11.9. The van der Waals surface area contributed by atoms with E-state index in [-0.39, 0.29) is 35.2 Å². The van der Waals surface area contributed by atoms with Crippen LogP contribution in [0.15, 0.2) is 53.4 Å². The van der Waals surface area contributed by atoms with E-state index in [1.807, 2.05) is 18.2 Å². The number of nitrogens with zero attached hydrogens (tertiary/aromatic N) is 1. The number of carbonyl (C=O) groups excluding carboxylic acids is 1. The Morgan fingerprint density at radius 1 is 1.04 bits per heavy atom. The lowest BCUT2D eigenvalue weighted by molar-refractivity contribution is 0.0875. The van der Waals surface area contributed by atoms with Gasteiger partial charge in [-0.15, -0.1) is 0 Å². The van der Waals surface area contributed by atoms with Gasteiger partial charge < -0.3 is 0 Å². The molecule has 132 valence electrons. The molecule has 4 nitrogen and oxygen atoms in total. The van der Waals surface area contributed by atoms with Crippen LogP contribution in [0.1, 0.15) is 28.8 Å². The second kappa shape index (κ2) is 7.06. The molecule has 0 saturated carbocycles. The standard InChI is InChI=1S/C19H20FNO3S/c1-14-17(20)8-5-9-18(14)25(23,24)21-12-10-16(11-13-21)19(22)15-6-3-2-4-7-15/h2-9,16H,10-13H2,1H3. The average Bonchev–Trinajstić information content (AvgIpc) is 2.64. The summed E-state index contributed by atoms with van der Waals surface area (Å²) in [5.41, 5.74) is 0.787. The van der Waals surface area contributed by atoms with E-state index < -0.39 is 15.8 Å². The maximum atomic E-state index is 13.7. The number of halogens is 1. The molecule has 6 heteroatoms. The highest BCUT2D eigenvalue weighted by Gasteiger charge is 2.33. The maximum Gasteiger partial charge on any atom is 0.243 e. The zero-order chi connectivity index (χ0) is 18.0. The minimum Gasteiger partial charge on any atom is -0.294 e. The summed E-state index contributed by atoms with van der Waals surface area (Å²) >= 11 is 0. The number of Topliss-reactive ketones (excluding diaryl/α,β-unsaturated/α-hetero) is 1. The van der Waals surface area contributed by atoms with Crippen molar-refractivity contribution in [3.8, 4) is 0 Å². The van der Waals surface area contributed by atoms with Gasteiger partial charge in [0, 0.05) is 30.1 Å². The molecule has 3 rings (SSSR count). The van der Waals surface area contributed by atoms with Gasteiger partial charge in [-0.05, 0) is 31.9 Å². The monoisotopic (exact) mass is 361 g/mol. The first kappa shape index (κ1) is 17.8. The summed E-state index contributed by atoms with van der Waals surface area (Å²) in [6, 6.07) is 13.1. The Kier molecular flexibility index (Phi) is 5.01. The van der Waals surface area contributed by atoms with E-state index in [0.717, 1.165) is 0 Å². The molecule has 25 heavy (non-hydrogen) atoms. The van der Waals surface area contributed by atoms with E-state index in [4.69, 9.17) is 0 Å². The number of rotatable bonds is 4. The Morgan fingerprint density at radius 2 is 1.68 bits per heavy atom. The number of hydrogen-bond acceptors (Lipinski definition) is 3. The number of piperidine rings is 1. The molecule has 0 spiro atoms. The molecule has 0 radical (unpaired) electrons. The van der Waals surface area contributed by atoms with Crippen molar-refractivity contribution in [2.45, 2.75) is 24.7 Å². The van der Waals surface area contributed by atoms with Crippen molar-refractivity contribution in [2.24, 2.45) is 5.92 Å². The molecule has 1 aliphatic rings. The normalized spacial score (nSPS) is 16.7. The summed E-state index contributed by atoms with van der Waals surface area (Å²) in [5.74, 6) is -0.655. The van der Waals surface area contributed by atoms with Gasteiger partial charge in [0.05, 0.1) is 4.90 Å². The Morgan fingerprint density at radius 3 is 2.32 bits per heavy atom. The van der Waals surface area contributed by atoms with Crippen molar-refractivity contribution >= 4 is 15.8 Å². The van der Waals surface area contributed by atoms with Crippen LogP contribution in [0.25, 0.3) is 0 Å². The van der Waals surface area contributed by atoms with Crippen LogP contribution in [0.3, 0.4) is 0 Å². The summed E-state index contributed by atoms with van der Waals surface area (Å²) < 4.78 is 40.6. The summed E-state index contributed by atoms with van der Waals surface area (Å²) in [5, 5.41) is 0. The molecule has 0 aliphatic carbocycles. The predicted octanol–water partition coefficient (Wildman–Crippen LogP) is 3.42. The molecular weight excluding hydrogens is 341 g/mol. The smallest absolute Gasteiger partial charge is 0.243 e. The van der Waals surface area contributed by atoms with Gasteiger partial charge >= 0.3 is 0 Å². The number of benzene rings is 2. The molecule has 0 bridgehead atoms. The molecule has 2 aromatic carbocycles. The minimum atomic E-state index is -3.75. The zero-order valence-corrected chi connectivity index (χ0v) is 14.8. The molecule has 0 aromatic heterocycles. The van der Waals surface area contributed by atoms with Gasteiger partial charge in [0.25, 0.3) is 0 Å². The SMILES string of the molecule is Cc1c(F)cccc1S(=O)(=O)N1CCC(C(=O)c2ccccc2)CC1. The highest BCUT2D eigenvalue weighted by Crippen LogP contribution is 2.28. The third-order valence-electron chi connectivity index (χ3n) is 4.72. The van der Waals surface area contributed by atoms with Gasteiger partial charge in [-0.3, -0.25) is 4.79 Å². The Balaban J connectivity index is 1.74. The summed E-state index contributed by atoms with van der Waals surface area (Å²) in [6.07, 6.45) is 0.947. The van der Waals surface area contributed by atoms with Gasteiger partial charge in [0.1, 0.15) is 5.82 Å². The van der Waals surface area contributed by atoms with E-state index in [2.05, 4.69) is 0 Å². The van der Waals surface area contributed by atoms with Crippen LogP contribution in [0.5, 0.6) is 0 Å². The van der Waals surface area contributed by atoms with Gasteiger partial charge in [-0.1, -0.05) is 36.4 Å². The lowest BCUT2D eigenvalue weighted by atomic mass is 9.90. The predicted molar refractivity (Wildman–Crippen MR) is 93.4 cm³/mol. The van der Waals surface area contributed by atoms with Gasteiger partial charge in [-0.2, -0.15) is 4.31 Å². The first-order valence-electron chi connectivity index (χ1n) is 8.26. The molecule has 0 amide bonds. The van der Waals surface area contributed by atoms with Crippen molar-refractivity contribution in [1.29, 1.82) is 0 Å². The Labute approximate surface area is 147 Å². The van der Waals surface area contributed by atoms with Crippen molar-refractivity contribution in [3.05, 3.63) is 65.5 Å². The van der Waals surface area contributed by atoms with Crippen LogP contribution in [-0.4, -0.2) is 31.6 Å². The van der Waals surface area contributed by atoms with Crippen molar-refractivity contribution in [2.75, 3.05) is 13.1 Å². The number of hydrogen-bond donors (Lipinski definition) is 0. The molecule has 0 unspecified atom stereocenters. The van der Waals surface area contributed by atoms with E-state index in [9.17, 15) is 17.6 Å². The Hall–Kier alpha value is -2.05. The highest BCUT2D eigenvalue weighted by atomic mass is 32.2. The second-order valence-corrected chi connectivity index (χ2v) is 8.18. The number of ketones is 1. The van der Waals surface area contributed by atoms with Gasteiger partial charge in [-0.25, -0.2) is 12.8 Å². The van der Waals surface area contributed by atoms with Crippen LogP contribution < -0.4 is 0 Å². The number of sulfonamides is 1. The zero-order valence-electron chi connectivity index (χ0n) is 14.0. The second-order valence-electron chi connectivity index (χ2n) is 6.27. The minimum absolute atomic E-state index is 0.000311. The summed E-state index contributed by atoms with van der Waals surface area (Å²) in [4.78, 5) is 12.5. The van der Waals surface area contributed by atoms with Crippen LogP contribution in [0.4, 0.5) is 4.39 Å². The summed E-state index contributed by atoms with van der Waals surface area (Å²) in [7, 11) is -3.75. The van der Waals surface area contributed by atoms with Crippen LogP contribution in [0.2, 0.25) is 0 Å². The Bertz CT molecular complexity index is 873. The maximum absolute atomic E-state index is 13.7. The molecular formula is C19H20FNO3S. The number of carbonyl (C=O) groups is 1. The third-order valence-corrected chi connectivity index (χ3v) is 6.76. The van der Waals surface area contributed by atoms with E-state index in [0.29, 0.717) is 18.4 Å². The largest absolute Gasteiger partial charge is 0.294 e. The van der Waals surface area contributed by atoms with Crippen LogP contribution in [0, 0.1) is 18.7 Å². The summed E-state index contributed by atoms with van der Waals surface area (Å²) in [6.45, 7) is 2.00. The fourth-order valence-corrected chi connectivity index (χ4v) is 4.91. The molecule has 0 N–H and O–H groups in total. The molecule has 1 fully saturated rings. The quantitative estimate of drug-likeness (QED) is 0.784. The van der Waals surface area contributed by atoms with E-state index >= 15 is 0 Å². The molecule has 2 aromatic rings. The van der Waals surface area contributed by atoms with Gasteiger partial charge in [0.2, 0.25) is 10.0 Å². The first-order valence-corrected chi connectivity index (χ1v) is 9.70. The molecule has 1 saturated heterocycles. The molecule has 1 heterocycles. The van der Waals surface area contributed by atoms with E-state index in [1.54, 1.807) is 12.1 Å². The van der Waals surface area contributed by atoms with Crippen molar-refractivity contribution in [1.82, 2.24) is 4.31 Å². The van der Waals surface area contributed by atoms with Gasteiger partial charge in [0.15, 0.2) is 5.78 Å². The van der Waals surface area contributed by atoms with Crippen LogP contribution >= 0.6 is 0 Å².